The number of hydrogen-bond acceptors (Lipinski definition) is 7. The van der Waals surface area contributed by atoms with Gasteiger partial charge in [0.1, 0.15) is 12.7 Å². The van der Waals surface area contributed by atoms with Gasteiger partial charge in [-0.2, -0.15) is 13.2 Å². The van der Waals surface area contributed by atoms with Crippen molar-refractivity contribution < 1.29 is 18.3 Å². The van der Waals surface area contributed by atoms with Gasteiger partial charge in [-0.25, -0.2) is 0 Å². The lowest BCUT2D eigenvalue weighted by atomic mass is 10.1. The molecule has 1 atom stereocenters. The Balaban J connectivity index is 1.20. The predicted octanol–water partition coefficient (Wildman–Crippen LogP) is 3.89. The first-order valence-corrected chi connectivity index (χ1v) is 11.8. The lowest BCUT2D eigenvalue weighted by Gasteiger charge is -2.13. The maximum absolute atomic E-state index is 12.6. The van der Waals surface area contributed by atoms with Gasteiger partial charge in [-0.3, -0.25) is 4.57 Å². The van der Waals surface area contributed by atoms with Crippen LogP contribution in [0.2, 0.25) is 0 Å². The van der Waals surface area contributed by atoms with Crippen LogP contribution >= 0.6 is 11.8 Å². The average Bonchev–Trinajstić information content (AvgIpc) is 3.51. The molecule has 4 aromatic rings. The maximum atomic E-state index is 12.6. The molecule has 1 unspecified atom stereocenters. The standard InChI is InChI=1S/C23H24F3N7OS/c1-32-21(17-5-9-19(10-6-17)33-14-28-29-15-33)30-31-22(32)35-12-2-11-27-13-20(34)16-3-7-18(8-4-16)23(24,25)26/h3-10,14-15,20,27,34H,2,11-13H2,1H3. The molecule has 0 aliphatic heterocycles. The molecule has 0 aliphatic rings. The summed E-state index contributed by atoms with van der Waals surface area (Å²) in [7, 11) is 1.92. The molecule has 0 saturated carbocycles. The number of aromatic nitrogens is 6. The van der Waals surface area contributed by atoms with Crippen LogP contribution in [0.3, 0.4) is 0 Å². The molecule has 0 amide bonds. The molecule has 8 nitrogen and oxygen atoms in total. The number of alkyl halides is 3. The molecule has 0 fully saturated rings. The van der Waals surface area contributed by atoms with Gasteiger partial charge in [-0.05, 0) is 54.9 Å². The van der Waals surface area contributed by atoms with Crippen LogP contribution in [-0.2, 0) is 13.2 Å². The normalized spacial score (nSPS) is 12.7. The summed E-state index contributed by atoms with van der Waals surface area (Å²) in [5, 5.41) is 30.3. The van der Waals surface area contributed by atoms with Crippen molar-refractivity contribution in [2.45, 2.75) is 23.9 Å². The van der Waals surface area contributed by atoms with Crippen LogP contribution in [-0.4, -0.2) is 53.5 Å². The minimum atomic E-state index is -4.38. The van der Waals surface area contributed by atoms with Gasteiger partial charge in [-0.1, -0.05) is 23.9 Å². The number of thioether (sulfide) groups is 1. The maximum Gasteiger partial charge on any atom is 0.416 e. The fourth-order valence-electron chi connectivity index (χ4n) is 3.42. The van der Waals surface area contributed by atoms with E-state index in [0.717, 1.165) is 46.5 Å². The first kappa shape index (κ1) is 24.9. The molecule has 35 heavy (non-hydrogen) atoms. The summed E-state index contributed by atoms with van der Waals surface area (Å²) in [6.45, 7) is 0.912. The van der Waals surface area contributed by atoms with E-state index in [9.17, 15) is 18.3 Å². The van der Waals surface area contributed by atoms with Crippen LogP contribution in [0.1, 0.15) is 23.7 Å². The summed E-state index contributed by atoms with van der Waals surface area (Å²) in [4.78, 5) is 0. The Bertz CT molecular complexity index is 1210. The van der Waals surface area contributed by atoms with Crippen LogP contribution in [0, 0.1) is 0 Å². The van der Waals surface area contributed by atoms with Crippen LogP contribution in [0.5, 0.6) is 0 Å². The Morgan fingerprint density at radius 1 is 1.00 bits per heavy atom. The van der Waals surface area contributed by atoms with E-state index in [0.29, 0.717) is 12.1 Å². The average molecular weight is 504 g/mol. The molecule has 2 aromatic carbocycles. The quantitative estimate of drug-likeness (QED) is 0.251. The molecular weight excluding hydrogens is 479 g/mol. The number of rotatable bonds is 10. The van der Waals surface area contributed by atoms with E-state index >= 15 is 0 Å². The van der Waals surface area contributed by atoms with Crippen molar-refractivity contribution in [1.82, 2.24) is 34.8 Å². The number of benzene rings is 2. The second kappa shape index (κ2) is 11.0. The zero-order valence-corrected chi connectivity index (χ0v) is 19.7. The Hall–Kier alpha value is -3.22. The van der Waals surface area contributed by atoms with Crippen molar-refractivity contribution in [3.05, 3.63) is 72.3 Å². The van der Waals surface area contributed by atoms with E-state index in [-0.39, 0.29) is 6.54 Å². The van der Waals surface area contributed by atoms with Crippen molar-refractivity contribution in [3.8, 4) is 17.1 Å². The Morgan fingerprint density at radius 2 is 1.69 bits per heavy atom. The highest BCUT2D eigenvalue weighted by Gasteiger charge is 2.30. The van der Waals surface area contributed by atoms with E-state index < -0.39 is 17.8 Å². The zero-order valence-electron chi connectivity index (χ0n) is 18.9. The minimum Gasteiger partial charge on any atom is -0.387 e. The largest absolute Gasteiger partial charge is 0.416 e. The summed E-state index contributed by atoms with van der Waals surface area (Å²) in [5.74, 6) is 1.56. The minimum absolute atomic E-state index is 0.259. The lowest BCUT2D eigenvalue weighted by molar-refractivity contribution is -0.137. The van der Waals surface area contributed by atoms with Gasteiger partial charge in [0, 0.05) is 30.6 Å². The van der Waals surface area contributed by atoms with E-state index in [1.165, 1.54) is 12.1 Å². The molecule has 2 N–H and O–H groups in total. The zero-order chi connectivity index (χ0) is 24.8. The predicted molar refractivity (Wildman–Crippen MR) is 126 cm³/mol. The fraction of sp³-hybridized carbons (Fsp3) is 0.304. The number of halogens is 3. The second-order valence-electron chi connectivity index (χ2n) is 7.82. The third-order valence-electron chi connectivity index (χ3n) is 5.37. The Labute approximate surface area is 204 Å². The highest BCUT2D eigenvalue weighted by Crippen LogP contribution is 2.30. The highest BCUT2D eigenvalue weighted by molar-refractivity contribution is 7.99. The van der Waals surface area contributed by atoms with Crippen LogP contribution in [0.15, 0.2) is 66.3 Å². The van der Waals surface area contributed by atoms with Crippen LogP contribution in [0.25, 0.3) is 17.1 Å². The lowest BCUT2D eigenvalue weighted by Crippen LogP contribution is -2.23. The van der Waals surface area contributed by atoms with Gasteiger partial charge < -0.3 is 15.0 Å². The molecule has 0 spiro atoms. The number of hydrogen-bond donors (Lipinski definition) is 2. The third kappa shape index (κ3) is 6.27. The summed E-state index contributed by atoms with van der Waals surface area (Å²) in [6, 6.07) is 12.4. The van der Waals surface area contributed by atoms with Gasteiger partial charge in [0.2, 0.25) is 0 Å². The van der Waals surface area contributed by atoms with E-state index in [1.54, 1.807) is 24.4 Å². The molecule has 0 bridgehead atoms. The van der Waals surface area contributed by atoms with Crippen molar-refractivity contribution in [2.75, 3.05) is 18.8 Å². The second-order valence-corrected chi connectivity index (χ2v) is 8.88. The first-order chi connectivity index (χ1) is 16.8. The smallest absolute Gasteiger partial charge is 0.387 e. The Morgan fingerprint density at radius 3 is 2.34 bits per heavy atom. The van der Waals surface area contributed by atoms with Gasteiger partial charge in [0.05, 0.1) is 11.7 Å². The number of nitrogens with one attached hydrogen (secondary N) is 1. The van der Waals surface area contributed by atoms with E-state index in [2.05, 4.69) is 25.7 Å². The first-order valence-electron chi connectivity index (χ1n) is 10.9. The van der Waals surface area contributed by atoms with Crippen molar-refractivity contribution >= 4 is 11.8 Å². The van der Waals surface area contributed by atoms with E-state index in [4.69, 9.17) is 0 Å². The van der Waals surface area contributed by atoms with Crippen molar-refractivity contribution in [3.63, 3.8) is 0 Å². The molecule has 0 aliphatic carbocycles. The molecular formula is C23H24F3N7OS. The molecule has 4 rings (SSSR count). The Kier molecular flexibility index (Phi) is 7.83. The summed E-state index contributed by atoms with van der Waals surface area (Å²) < 4.78 is 41.7. The summed E-state index contributed by atoms with van der Waals surface area (Å²) in [6.07, 6.45) is -1.16. The van der Waals surface area contributed by atoms with Gasteiger partial charge in [0.25, 0.3) is 0 Å². The molecule has 0 radical (unpaired) electrons. The number of aliphatic hydroxyl groups excluding tert-OH is 1. The van der Waals surface area contributed by atoms with Gasteiger partial charge >= 0.3 is 6.18 Å². The molecule has 12 heteroatoms. The van der Waals surface area contributed by atoms with Crippen LogP contribution in [0.4, 0.5) is 13.2 Å². The highest BCUT2D eigenvalue weighted by atomic mass is 32.2. The van der Waals surface area contributed by atoms with Gasteiger partial charge in [0.15, 0.2) is 11.0 Å². The number of aliphatic hydroxyl groups is 1. The SMILES string of the molecule is Cn1c(SCCCNCC(O)c2ccc(C(F)(F)F)cc2)nnc1-c1ccc(-n2cnnc2)cc1. The molecule has 184 valence electrons. The van der Waals surface area contributed by atoms with Crippen molar-refractivity contribution in [2.24, 2.45) is 7.05 Å². The molecule has 2 aromatic heterocycles. The van der Waals surface area contributed by atoms with Crippen LogP contribution < -0.4 is 5.32 Å². The molecule has 0 saturated heterocycles. The number of nitrogens with zero attached hydrogens (tertiary/aromatic N) is 6. The monoisotopic (exact) mass is 503 g/mol. The third-order valence-corrected chi connectivity index (χ3v) is 6.47. The fourth-order valence-corrected chi connectivity index (χ4v) is 4.27. The summed E-state index contributed by atoms with van der Waals surface area (Å²) >= 11 is 1.58. The van der Waals surface area contributed by atoms with E-state index in [1.807, 2.05) is 40.4 Å². The molecule has 2 heterocycles. The van der Waals surface area contributed by atoms with Crippen molar-refractivity contribution in [1.29, 1.82) is 0 Å². The summed E-state index contributed by atoms with van der Waals surface area (Å²) in [5.41, 5.74) is 1.62. The topological polar surface area (TPSA) is 93.7 Å². The van der Waals surface area contributed by atoms with Gasteiger partial charge in [-0.15, -0.1) is 20.4 Å².